The summed E-state index contributed by atoms with van der Waals surface area (Å²) in [5.41, 5.74) is 12.3. The Labute approximate surface area is 167 Å². The average molecular weight is 361 g/mol. The molecule has 0 aromatic heterocycles. The predicted octanol–water partition coefficient (Wildman–Crippen LogP) is 7.36. The molecule has 4 aromatic rings. The predicted molar refractivity (Wildman–Crippen MR) is 119 cm³/mol. The Morgan fingerprint density at radius 3 is 1.32 bits per heavy atom. The highest BCUT2D eigenvalue weighted by atomic mass is 14.5. The van der Waals surface area contributed by atoms with Crippen molar-refractivity contribution in [2.45, 2.75) is 26.2 Å². The lowest BCUT2D eigenvalue weighted by Crippen LogP contribution is -2.25. The summed E-state index contributed by atoms with van der Waals surface area (Å²) < 4.78 is 0. The van der Waals surface area contributed by atoms with Gasteiger partial charge in [0.1, 0.15) is 0 Å². The fourth-order valence-corrected chi connectivity index (χ4v) is 5.21. The first kappa shape index (κ1) is 17.0. The maximum Gasteiger partial charge on any atom is 0.0725 e. The van der Waals surface area contributed by atoms with Gasteiger partial charge in [0.15, 0.2) is 0 Å². The summed E-state index contributed by atoms with van der Waals surface area (Å²) in [6.45, 7) is 6.20. The van der Waals surface area contributed by atoms with E-state index in [0.717, 1.165) is 0 Å². The number of rotatable bonds is 0. The van der Waals surface area contributed by atoms with Crippen molar-refractivity contribution in [1.82, 2.24) is 0 Å². The molecule has 0 saturated heterocycles. The second kappa shape index (κ2) is 6.21. The molecule has 6 rings (SSSR count). The van der Waals surface area contributed by atoms with E-state index in [4.69, 9.17) is 0 Å². The monoisotopic (exact) mass is 360 g/mol. The first-order valence-electron chi connectivity index (χ1n) is 10.2. The minimum absolute atomic E-state index is 0.189. The van der Waals surface area contributed by atoms with Crippen LogP contribution in [0.2, 0.25) is 0 Å². The zero-order chi connectivity index (χ0) is 19.3. The molecule has 0 unspecified atom stereocenters. The lowest BCUT2D eigenvalue weighted by Gasteiger charge is -2.30. The van der Waals surface area contributed by atoms with Crippen LogP contribution in [0, 0.1) is 6.92 Å². The van der Waals surface area contributed by atoms with E-state index >= 15 is 0 Å². The van der Waals surface area contributed by atoms with Gasteiger partial charge in [-0.25, -0.2) is 0 Å². The molecule has 0 fully saturated rings. The van der Waals surface area contributed by atoms with Crippen molar-refractivity contribution in [3.8, 4) is 22.3 Å². The lowest BCUT2D eigenvalue weighted by molar-refractivity contribution is 0.792. The van der Waals surface area contributed by atoms with Gasteiger partial charge in [0, 0.05) is 0 Å². The Morgan fingerprint density at radius 1 is 0.464 bits per heavy atom. The van der Waals surface area contributed by atoms with Crippen LogP contribution < -0.4 is 0 Å². The number of fused-ring (bicyclic) bond motifs is 10. The van der Waals surface area contributed by atoms with Gasteiger partial charge in [-0.3, -0.25) is 0 Å². The van der Waals surface area contributed by atoms with Crippen LogP contribution in [0.25, 0.3) is 22.3 Å². The highest BCUT2D eigenvalue weighted by molar-refractivity contribution is 5.94. The Morgan fingerprint density at radius 2 is 0.857 bits per heavy atom. The third-order valence-electron chi connectivity index (χ3n) is 6.15. The van der Waals surface area contributed by atoms with E-state index in [2.05, 4.69) is 97.9 Å². The van der Waals surface area contributed by atoms with E-state index in [0.29, 0.717) is 0 Å². The molecule has 2 aliphatic rings. The minimum atomic E-state index is -0.189. The van der Waals surface area contributed by atoms with Gasteiger partial charge in [0.25, 0.3) is 0 Å². The maximum atomic E-state index is 2.40. The van der Waals surface area contributed by atoms with Crippen LogP contribution >= 0.6 is 0 Å². The highest BCUT2D eigenvalue weighted by Crippen LogP contribution is 2.62. The second-order valence-corrected chi connectivity index (χ2v) is 7.44. The summed E-state index contributed by atoms with van der Waals surface area (Å²) in [5, 5.41) is 0. The first-order valence-corrected chi connectivity index (χ1v) is 10.2. The van der Waals surface area contributed by atoms with Gasteiger partial charge in [0.05, 0.1) is 5.41 Å². The van der Waals surface area contributed by atoms with E-state index in [1.165, 1.54) is 50.1 Å². The maximum absolute atomic E-state index is 2.40. The van der Waals surface area contributed by atoms with E-state index in [1.54, 1.807) is 0 Å². The topological polar surface area (TPSA) is 0 Å². The molecule has 0 nitrogen and oxygen atoms in total. The van der Waals surface area contributed by atoms with Gasteiger partial charge in [-0.05, 0) is 51.4 Å². The van der Waals surface area contributed by atoms with Crippen molar-refractivity contribution in [3.63, 3.8) is 0 Å². The molecule has 28 heavy (non-hydrogen) atoms. The second-order valence-electron chi connectivity index (χ2n) is 7.44. The van der Waals surface area contributed by atoms with Crippen molar-refractivity contribution < 1.29 is 0 Å². The fraction of sp³-hybridized carbons (Fsp3) is 0.143. The number of aryl methyl sites for hydroxylation is 1. The molecule has 0 atom stereocenters. The van der Waals surface area contributed by atoms with Crippen LogP contribution in [0.4, 0.5) is 0 Å². The first-order chi connectivity index (χ1) is 13.8. The fourth-order valence-electron chi connectivity index (χ4n) is 5.21. The SMILES string of the molecule is CC.Cc1ccc2c(c1)C1(c3ccccc3-c3ccccc31)c1ccccc1-2. The summed E-state index contributed by atoms with van der Waals surface area (Å²) in [7, 11) is 0. The molecule has 136 valence electrons. The third-order valence-corrected chi connectivity index (χ3v) is 6.15. The average Bonchev–Trinajstić information content (AvgIpc) is 3.22. The number of hydrogen-bond donors (Lipinski definition) is 0. The van der Waals surface area contributed by atoms with Crippen LogP contribution in [0.1, 0.15) is 41.7 Å². The Balaban J connectivity index is 0.000000829. The van der Waals surface area contributed by atoms with Crippen molar-refractivity contribution in [2.75, 3.05) is 0 Å². The normalized spacial score (nSPS) is 13.8. The van der Waals surface area contributed by atoms with E-state index in [-0.39, 0.29) is 5.41 Å². The molecule has 0 N–H and O–H groups in total. The Bertz CT molecular complexity index is 1130. The molecule has 1 spiro atoms. The standard InChI is InChI=1S/C26H18.C2H6/c1-17-14-15-21-20-10-4-7-13-24(20)26(25(21)16-17)22-11-5-2-8-18(22)19-9-3-6-12-23(19)26;1-2/h2-16H,1H3;1-2H3. The van der Waals surface area contributed by atoms with E-state index < -0.39 is 0 Å². The minimum Gasteiger partial charge on any atom is -0.0683 e. The summed E-state index contributed by atoms with van der Waals surface area (Å²) >= 11 is 0. The summed E-state index contributed by atoms with van der Waals surface area (Å²) in [6, 6.07) is 33.8. The highest BCUT2D eigenvalue weighted by Gasteiger charge is 2.51. The van der Waals surface area contributed by atoms with Crippen molar-refractivity contribution in [1.29, 1.82) is 0 Å². The van der Waals surface area contributed by atoms with Crippen LogP contribution in [0.5, 0.6) is 0 Å². The largest absolute Gasteiger partial charge is 0.0725 e. The zero-order valence-electron chi connectivity index (χ0n) is 16.7. The van der Waals surface area contributed by atoms with E-state index in [1.807, 2.05) is 13.8 Å². The molecule has 0 aliphatic heterocycles. The van der Waals surface area contributed by atoms with Gasteiger partial charge in [0.2, 0.25) is 0 Å². The zero-order valence-corrected chi connectivity index (χ0v) is 16.7. The van der Waals surface area contributed by atoms with Crippen LogP contribution in [0.15, 0.2) is 91.0 Å². The third kappa shape index (κ3) is 1.95. The Hall–Kier alpha value is -3.12. The van der Waals surface area contributed by atoms with Crippen LogP contribution in [0.3, 0.4) is 0 Å². The van der Waals surface area contributed by atoms with E-state index in [9.17, 15) is 0 Å². The molecule has 2 aliphatic carbocycles. The molecular formula is C28H24. The van der Waals surface area contributed by atoms with Crippen molar-refractivity contribution >= 4 is 0 Å². The van der Waals surface area contributed by atoms with Gasteiger partial charge >= 0.3 is 0 Å². The quantitative estimate of drug-likeness (QED) is 0.265. The van der Waals surface area contributed by atoms with Gasteiger partial charge in [-0.1, -0.05) is 110 Å². The summed E-state index contributed by atoms with van der Waals surface area (Å²) in [6.07, 6.45) is 0. The molecule has 4 aromatic carbocycles. The smallest absolute Gasteiger partial charge is 0.0683 e. The molecule has 0 amide bonds. The van der Waals surface area contributed by atoms with Gasteiger partial charge < -0.3 is 0 Å². The molecule has 0 saturated carbocycles. The molecule has 0 heterocycles. The number of hydrogen-bond acceptors (Lipinski definition) is 0. The molecule has 0 radical (unpaired) electrons. The van der Waals surface area contributed by atoms with Gasteiger partial charge in [-0.2, -0.15) is 0 Å². The van der Waals surface area contributed by atoms with Crippen LogP contribution in [-0.4, -0.2) is 0 Å². The lowest BCUT2D eigenvalue weighted by atomic mass is 9.70. The van der Waals surface area contributed by atoms with Crippen LogP contribution in [-0.2, 0) is 5.41 Å². The molecule has 0 heteroatoms. The van der Waals surface area contributed by atoms with Gasteiger partial charge in [-0.15, -0.1) is 0 Å². The Kier molecular flexibility index (Phi) is 3.77. The summed E-state index contributed by atoms with van der Waals surface area (Å²) in [4.78, 5) is 0. The molecular weight excluding hydrogens is 336 g/mol. The van der Waals surface area contributed by atoms with Crippen molar-refractivity contribution in [3.05, 3.63) is 119 Å². The summed E-state index contributed by atoms with van der Waals surface area (Å²) in [5.74, 6) is 0. The number of benzene rings is 4. The van der Waals surface area contributed by atoms with Crippen molar-refractivity contribution in [2.24, 2.45) is 0 Å². The molecule has 0 bridgehead atoms.